The van der Waals surface area contributed by atoms with Crippen LogP contribution in [0.3, 0.4) is 0 Å². The number of fused-ring (bicyclic) bond motifs is 1. The molecule has 2 aromatic carbocycles. The summed E-state index contributed by atoms with van der Waals surface area (Å²) in [5.74, 6) is 0.887. The van der Waals surface area contributed by atoms with Crippen molar-refractivity contribution in [2.45, 2.75) is 39.8 Å². The van der Waals surface area contributed by atoms with Gasteiger partial charge in [0.2, 0.25) is 0 Å². The molecule has 1 amide bonds. The highest BCUT2D eigenvalue weighted by atomic mass is 16.5. The van der Waals surface area contributed by atoms with Crippen LogP contribution in [-0.2, 0) is 0 Å². The molecular weight excluding hydrogens is 324 g/mol. The average Bonchev–Trinajstić information content (AvgIpc) is 3.12. The first kappa shape index (κ1) is 16.6. The lowest BCUT2D eigenvalue weighted by Crippen LogP contribution is -2.34. The molecule has 0 fully saturated rings. The molecule has 4 nitrogen and oxygen atoms in total. The Morgan fingerprint density at radius 3 is 2.42 bits per heavy atom. The predicted octanol–water partition coefficient (Wildman–Crippen LogP) is 4.91. The topological polar surface area (TPSA) is 46.3 Å². The van der Waals surface area contributed by atoms with Crippen LogP contribution in [0.25, 0.3) is 11.1 Å². The Kier molecular flexibility index (Phi) is 3.91. The Bertz CT molecular complexity index is 954. The molecular formula is C22H22N2O2. The number of amides is 1. The molecule has 0 N–H and O–H groups in total. The summed E-state index contributed by atoms with van der Waals surface area (Å²) in [6.45, 7) is 7.99. The van der Waals surface area contributed by atoms with Crippen molar-refractivity contribution in [3.63, 3.8) is 0 Å². The van der Waals surface area contributed by atoms with Gasteiger partial charge in [-0.3, -0.25) is 4.79 Å². The van der Waals surface area contributed by atoms with E-state index in [9.17, 15) is 4.79 Å². The zero-order valence-corrected chi connectivity index (χ0v) is 15.5. The molecule has 0 aliphatic carbocycles. The van der Waals surface area contributed by atoms with E-state index in [1.54, 1.807) is 0 Å². The summed E-state index contributed by atoms with van der Waals surface area (Å²) in [5.41, 5.74) is 5.87. The second kappa shape index (κ2) is 6.13. The van der Waals surface area contributed by atoms with Crippen LogP contribution in [0.2, 0.25) is 0 Å². The number of nitrogens with zero attached hydrogens (tertiary/aromatic N) is 2. The van der Waals surface area contributed by atoms with Crippen LogP contribution in [0.5, 0.6) is 0 Å². The molecule has 0 radical (unpaired) electrons. The fraction of sp³-hybridized carbons (Fsp3) is 0.273. The van der Waals surface area contributed by atoms with Crippen LogP contribution < -0.4 is 0 Å². The van der Waals surface area contributed by atoms with Crippen molar-refractivity contribution in [1.29, 1.82) is 0 Å². The Morgan fingerprint density at radius 1 is 1.08 bits per heavy atom. The zero-order chi connectivity index (χ0) is 18.4. The lowest BCUT2D eigenvalue weighted by molar-refractivity contribution is 0.0693. The number of hydrogen-bond acceptors (Lipinski definition) is 3. The van der Waals surface area contributed by atoms with Gasteiger partial charge in [0.05, 0.1) is 11.7 Å². The summed E-state index contributed by atoms with van der Waals surface area (Å²) in [6.07, 6.45) is 0. The number of carbonyl (C=O) groups excluding carboxylic acids is 1. The van der Waals surface area contributed by atoms with Crippen LogP contribution in [0.4, 0.5) is 0 Å². The second-order valence-corrected chi connectivity index (χ2v) is 7.12. The molecule has 0 bridgehead atoms. The summed E-state index contributed by atoms with van der Waals surface area (Å²) >= 11 is 0. The van der Waals surface area contributed by atoms with Gasteiger partial charge in [-0.05, 0) is 56.5 Å². The van der Waals surface area contributed by atoms with E-state index in [0.717, 1.165) is 39.3 Å². The minimum atomic E-state index is -0.0703. The number of carbonyl (C=O) groups is 1. The highest BCUT2D eigenvalue weighted by molar-refractivity contribution is 6.00. The Labute approximate surface area is 153 Å². The largest absolute Gasteiger partial charge is 0.361 e. The van der Waals surface area contributed by atoms with E-state index in [1.807, 2.05) is 49.1 Å². The van der Waals surface area contributed by atoms with E-state index >= 15 is 0 Å². The zero-order valence-electron chi connectivity index (χ0n) is 15.5. The highest BCUT2D eigenvalue weighted by Gasteiger charge is 2.39. The minimum Gasteiger partial charge on any atom is -0.361 e. The van der Waals surface area contributed by atoms with Crippen molar-refractivity contribution >= 4 is 5.91 Å². The fourth-order valence-corrected chi connectivity index (χ4v) is 3.95. The summed E-state index contributed by atoms with van der Waals surface area (Å²) in [5, 5.41) is 4.07. The fourth-order valence-electron chi connectivity index (χ4n) is 3.95. The smallest absolute Gasteiger partial charge is 0.255 e. The first-order chi connectivity index (χ1) is 12.5. The summed E-state index contributed by atoms with van der Waals surface area (Å²) < 4.78 is 5.33. The SMILES string of the molecule is Cc1noc(C)c1-c1ccc2c(c1)C(c1ccccc1)N(C(C)C)C2=O. The molecule has 3 aromatic rings. The molecule has 1 aliphatic rings. The molecule has 0 saturated heterocycles. The standard InChI is InChI=1S/C22H22N2O2/c1-13(2)24-21(16-8-6-5-7-9-16)19-12-17(10-11-18(19)22(24)25)20-14(3)23-26-15(20)4/h5-13,21H,1-4H3. The number of aryl methyl sites for hydroxylation is 2. The summed E-state index contributed by atoms with van der Waals surface area (Å²) in [6, 6.07) is 16.3. The number of rotatable bonds is 3. The average molecular weight is 346 g/mol. The molecule has 132 valence electrons. The molecule has 1 aliphatic heterocycles. The predicted molar refractivity (Wildman–Crippen MR) is 101 cm³/mol. The normalized spacial score (nSPS) is 16.4. The van der Waals surface area contributed by atoms with Crippen LogP contribution in [-0.4, -0.2) is 22.0 Å². The highest BCUT2D eigenvalue weighted by Crippen LogP contribution is 2.42. The van der Waals surface area contributed by atoms with Crippen LogP contribution in [0, 0.1) is 13.8 Å². The van der Waals surface area contributed by atoms with E-state index in [4.69, 9.17) is 4.52 Å². The third kappa shape index (κ3) is 2.45. The minimum absolute atomic E-state index is 0.0703. The molecule has 0 spiro atoms. The van der Waals surface area contributed by atoms with Crippen LogP contribution in [0.1, 0.15) is 52.8 Å². The van der Waals surface area contributed by atoms with Gasteiger partial charge in [0, 0.05) is 17.2 Å². The van der Waals surface area contributed by atoms with Gasteiger partial charge < -0.3 is 9.42 Å². The van der Waals surface area contributed by atoms with E-state index in [2.05, 4.69) is 37.2 Å². The van der Waals surface area contributed by atoms with Crippen molar-refractivity contribution in [2.24, 2.45) is 0 Å². The van der Waals surface area contributed by atoms with Gasteiger partial charge in [-0.15, -0.1) is 0 Å². The maximum absolute atomic E-state index is 13.0. The number of benzene rings is 2. The summed E-state index contributed by atoms with van der Waals surface area (Å²) in [7, 11) is 0. The first-order valence-electron chi connectivity index (χ1n) is 8.94. The second-order valence-electron chi connectivity index (χ2n) is 7.12. The molecule has 4 rings (SSSR count). The van der Waals surface area contributed by atoms with E-state index < -0.39 is 0 Å². The van der Waals surface area contributed by atoms with Crippen molar-refractivity contribution in [3.05, 3.63) is 76.7 Å². The van der Waals surface area contributed by atoms with Gasteiger partial charge in [0.15, 0.2) is 0 Å². The molecule has 1 aromatic heterocycles. The number of hydrogen-bond donors (Lipinski definition) is 0. The third-order valence-corrected chi connectivity index (χ3v) is 5.08. The Morgan fingerprint density at radius 2 is 1.81 bits per heavy atom. The molecule has 2 heterocycles. The monoisotopic (exact) mass is 346 g/mol. The van der Waals surface area contributed by atoms with E-state index in [0.29, 0.717) is 0 Å². The molecule has 1 atom stereocenters. The van der Waals surface area contributed by atoms with Gasteiger partial charge in [0.1, 0.15) is 5.76 Å². The van der Waals surface area contributed by atoms with Crippen LogP contribution >= 0.6 is 0 Å². The quantitative estimate of drug-likeness (QED) is 0.677. The van der Waals surface area contributed by atoms with E-state index in [1.165, 1.54) is 0 Å². The van der Waals surface area contributed by atoms with E-state index in [-0.39, 0.29) is 18.0 Å². The first-order valence-corrected chi connectivity index (χ1v) is 8.94. The third-order valence-electron chi connectivity index (χ3n) is 5.08. The number of aromatic nitrogens is 1. The molecule has 4 heteroatoms. The Balaban J connectivity index is 1.91. The lowest BCUT2D eigenvalue weighted by Gasteiger charge is -2.29. The van der Waals surface area contributed by atoms with Crippen LogP contribution in [0.15, 0.2) is 53.1 Å². The van der Waals surface area contributed by atoms with Gasteiger partial charge in [-0.2, -0.15) is 0 Å². The summed E-state index contributed by atoms with van der Waals surface area (Å²) in [4.78, 5) is 15.0. The lowest BCUT2D eigenvalue weighted by atomic mass is 9.93. The van der Waals surface area contributed by atoms with Crippen molar-refractivity contribution in [2.75, 3.05) is 0 Å². The Hall–Kier alpha value is -2.88. The van der Waals surface area contributed by atoms with Crippen molar-refractivity contribution in [1.82, 2.24) is 10.1 Å². The van der Waals surface area contributed by atoms with Gasteiger partial charge >= 0.3 is 0 Å². The molecule has 26 heavy (non-hydrogen) atoms. The molecule has 1 unspecified atom stereocenters. The van der Waals surface area contributed by atoms with Gasteiger partial charge in [0.25, 0.3) is 5.91 Å². The maximum atomic E-state index is 13.0. The van der Waals surface area contributed by atoms with Gasteiger partial charge in [-0.1, -0.05) is 41.6 Å². The van der Waals surface area contributed by atoms with Crippen molar-refractivity contribution in [3.8, 4) is 11.1 Å². The van der Waals surface area contributed by atoms with Crippen molar-refractivity contribution < 1.29 is 9.32 Å². The van der Waals surface area contributed by atoms with Gasteiger partial charge in [-0.25, -0.2) is 0 Å². The molecule has 0 saturated carbocycles. The maximum Gasteiger partial charge on any atom is 0.255 e.